The van der Waals surface area contributed by atoms with Crippen LogP contribution < -0.4 is 10.1 Å². The molecule has 5 rings (SSSR count). The van der Waals surface area contributed by atoms with Crippen molar-refractivity contribution >= 4 is 22.5 Å². The summed E-state index contributed by atoms with van der Waals surface area (Å²) in [4.78, 5) is 21.3. The van der Waals surface area contributed by atoms with Crippen molar-refractivity contribution in [1.82, 2.24) is 19.7 Å². The summed E-state index contributed by atoms with van der Waals surface area (Å²) in [6.45, 7) is 0. The van der Waals surface area contributed by atoms with E-state index in [0.717, 1.165) is 0 Å². The van der Waals surface area contributed by atoms with Gasteiger partial charge in [-0.15, -0.1) is 0 Å². The van der Waals surface area contributed by atoms with Crippen LogP contribution in [0.25, 0.3) is 33.4 Å². The van der Waals surface area contributed by atoms with Gasteiger partial charge in [-0.2, -0.15) is 5.10 Å². The average Bonchev–Trinajstić information content (AvgIpc) is 3.18. The summed E-state index contributed by atoms with van der Waals surface area (Å²) in [5.41, 5.74) is 3.42. The first-order valence-electron chi connectivity index (χ1n) is 10.6. The number of hydrogen-bond donors (Lipinski definition) is 1. The molecule has 7 nitrogen and oxygen atoms in total. The first-order chi connectivity index (χ1) is 16.2. The number of nitrogens with zero attached hydrogens (tertiary/aromatic N) is 4. The summed E-state index contributed by atoms with van der Waals surface area (Å²) < 4.78 is 47.0. The molecule has 2 aromatic carbocycles. The van der Waals surface area contributed by atoms with Gasteiger partial charge in [0, 0.05) is 54.6 Å². The summed E-state index contributed by atoms with van der Waals surface area (Å²) in [7, 11) is 3.22. The second-order valence-electron chi connectivity index (χ2n) is 8.31. The quantitative estimate of drug-likeness (QED) is 0.455. The van der Waals surface area contributed by atoms with Gasteiger partial charge in [-0.1, -0.05) is 0 Å². The molecule has 1 fully saturated rings. The Morgan fingerprint density at radius 3 is 2.56 bits per heavy atom. The van der Waals surface area contributed by atoms with E-state index in [-0.39, 0.29) is 5.82 Å². The van der Waals surface area contributed by atoms with Crippen LogP contribution in [0, 0.1) is 11.7 Å². The highest BCUT2D eigenvalue weighted by Crippen LogP contribution is 2.43. The van der Waals surface area contributed by atoms with Crippen LogP contribution in [0.2, 0.25) is 0 Å². The van der Waals surface area contributed by atoms with Crippen molar-refractivity contribution in [1.29, 1.82) is 0 Å². The van der Waals surface area contributed by atoms with Crippen molar-refractivity contribution in [2.75, 3.05) is 12.4 Å². The zero-order chi connectivity index (χ0) is 24.0. The maximum absolute atomic E-state index is 13.5. The van der Waals surface area contributed by atoms with Crippen LogP contribution >= 0.6 is 0 Å². The topological polar surface area (TPSA) is 81.9 Å². The fraction of sp³-hybridized carbons (Fsp3) is 0.250. The molecule has 174 valence electrons. The highest BCUT2D eigenvalue weighted by atomic mass is 19.3. The summed E-state index contributed by atoms with van der Waals surface area (Å²) in [6.07, 6.45) is 2.26. The Morgan fingerprint density at radius 2 is 1.88 bits per heavy atom. The lowest BCUT2D eigenvalue weighted by molar-refractivity contribution is -0.145. The lowest BCUT2D eigenvalue weighted by Gasteiger charge is -2.33. The van der Waals surface area contributed by atoms with Gasteiger partial charge in [0.25, 0.3) is 0 Å². The van der Waals surface area contributed by atoms with Crippen LogP contribution in [0.3, 0.4) is 0 Å². The monoisotopic (exact) mass is 467 g/mol. The predicted molar refractivity (Wildman–Crippen MR) is 120 cm³/mol. The van der Waals surface area contributed by atoms with Crippen molar-refractivity contribution in [2.24, 2.45) is 13.0 Å². The zero-order valence-electron chi connectivity index (χ0n) is 18.3. The molecule has 0 saturated heterocycles. The SMILES string of the molecule is COc1cc2ncnc(-c3cn(C)nc3-c3ccc(F)cc3)c2cc1NC(=O)C1CC(F)(F)C1. The number of alkyl halides is 2. The highest BCUT2D eigenvalue weighted by molar-refractivity contribution is 6.02. The molecular formula is C24H20F3N5O2. The van der Waals surface area contributed by atoms with Gasteiger partial charge in [0.2, 0.25) is 11.8 Å². The molecule has 1 saturated carbocycles. The van der Waals surface area contributed by atoms with E-state index in [1.54, 1.807) is 42.2 Å². The maximum atomic E-state index is 13.5. The van der Waals surface area contributed by atoms with E-state index in [2.05, 4.69) is 20.4 Å². The minimum absolute atomic E-state index is 0.332. The van der Waals surface area contributed by atoms with E-state index in [0.29, 0.717) is 44.9 Å². The molecule has 2 aromatic heterocycles. The number of halogens is 3. The van der Waals surface area contributed by atoms with Gasteiger partial charge in [0.05, 0.1) is 24.0 Å². The van der Waals surface area contributed by atoms with E-state index in [4.69, 9.17) is 4.74 Å². The number of anilines is 1. The van der Waals surface area contributed by atoms with Crippen molar-refractivity contribution < 1.29 is 22.7 Å². The highest BCUT2D eigenvalue weighted by Gasteiger charge is 2.48. The molecule has 1 aliphatic rings. The summed E-state index contributed by atoms with van der Waals surface area (Å²) in [5, 5.41) is 7.84. The second-order valence-corrected chi connectivity index (χ2v) is 8.31. The van der Waals surface area contributed by atoms with Gasteiger partial charge in [-0.25, -0.2) is 23.1 Å². The van der Waals surface area contributed by atoms with Crippen LogP contribution in [0.5, 0.6) is 5.75 Å². The Kier molecular flexibility index (Phi) is 5.22. The molecular weight excluding hydrogens is 447 g/mol. The molecule has 2 heterocycles. The van der Waals surface area contributed by atoms with Gasteiger partial charge < -0.3 is 10.1 Å². The third-order valence-electron chi connectivity index (χ3n) is 5.88. The molecule has 4 aromatic rings. The summed E-state index contributed by atoms with van der Waals surface area (Å²) >= 11 is 0. The Labute approximate surface area is 192 Å². The fourth-order valence-electron chi connectivity index (χ4n) is 4.13. The van der Waals surface area contributed by atoms with Crippen molar-refractivity contribution in [3.05, 3.63) is 54.7 Å². The van der Waals surface area contributed by atoms with Crippen molar-refractivity contribution in [3.63, 3.8) is 0 Å². The van der Waals surface area contributed by atoms with Gasteiger partial charge >= 0.3 is 0 Å². The Bertz CT molecular complexity index is 1390. The van der Waals surface area contributed by atoms with E-state index in [9.17, 15) is 18.0 Å². The molecule has 0 bridgehead atoms. The van der Waals surface area contributed by atoms with Crippen molar-refractivity contribution in [3.8, 4) is 28.3 Å². The molecule has 1 aliphatic carbocycles. The predicted octanol–water partition coefficient (Wildman–Crippen LogP) is 4.83. The molecule has 34 heavy (non-hydrogen) atoms. The fourth-order valence-corrected chi connectivity index (χ4v) is 4.13. The number of fused-ring (bicyclic) bond motifs is 1. The van der Waals surface area contributed by atoms with E-state index < -0.39 is 30.6 Å². The summed E-state index contributed by atoms with van der Waals surface area (Å²) in [5.74, 6) is -4.05. The van der Waals surface area contributed by atoms with Gasteiger partial charge in [-0.3, -0.25) is 9.48 Å². The first kappa shape index (κ1) is 21.9. The Balaban J connectivity index is 1.59. The number of carbonyl (C=O) groups is 1. The van der Waals surface area contributed by atoms with Crippen LogP contribution in [-0.2, 0) is 11.8 Å². The standard InChI is InChI=1S/C24H20F3N5O2/c1-32-11-17(21(31-32)13-3-5-15(25)6-4-13)22-16-7-19(20(34-2)8-18(16)28-12-29-22)30-23(33)14-9-24(26,27)10-14/h3-8,11-12,14H,9-10H2,1-2H3,(H,30,33). The Morgan fingerprint density at radius 1 is 1.15 bits per heavy atom. The largest absolute Gasteiger partial charge is 0.494 e. The number of hydrogen-bond acceptors (Lipinski definition) is 5. The van der Waals surface area contributed by atoms with E-state index in [1.807, 2.05) is 0 Å². The number of amides is 1. The van der Waals surface area contributed by atoms with Gasteiger partial charge in [0.1, 0.15) is 23.6 Å². The van der Waals surface area contributed by atoms with Gasteiger partial charge in [-0.05, 0) is 30.3 Å². The third-order valence-corrected chi connectivity index (χ3v) is 5.88. The number of ether oxygens (including phenoxy) is 1. The summed E-state index contributed by atoms with van der Waals surface area (Å²) in [6, 6.07) is 9.29. The van der Waals surface area contributed by atoms with Crippen LogP contribution in [0.4, 0.5) is 18.9 Å². The minimum Gasteiger partial charge on any atom is -0.494 e. The molecule has 0 radical (unpaired) electrons. The lowest BCUT2D eigenvalue weighted by atomic mass is 9.80. The van der Waals surface area contributed by atoms with E-state index in [1.165, 1.54) is 25.6 Å². The second kappa shape index (κ2) is 8.12. The average molecular weight is 467 g/mol. The molecule has 0 spiro atoms. The molecule has 10 heteroatoms. The van der Waals surface area contributed by atoms with Crippen LogP contribution in [0.15, 0.2) is 48.9 Å². The maximum Gasteiger partial charge on any atom is 0.249 e. The van der Waals surface area contributed by atoms with Crippen LogP contribution in [-0.4, -0.2) is 38.7 Å². The smallest absolute Gasteiger partial charge is 0.249 e. The third kappa shape index (κ3) is 3.95. The molecule has 1 N–H and O–H groups in total. The molecule has 1 amide bonds. The number of aromatic nitrogens is 4. The normalized spacial score (nSPS) is 15.2. The molecule has 0 atom stereocenters. The number of rotatable bonds is 5. The van der Waals surface area contributed by atoms with Gasteiger partial charge in [0.15, 0.2) is 0 Å². The number of nitrogens with one attached hydrogen (secondary N) is 1. The van der Waals surface area contributed by atoms with Crippen LogP contribution in [0.1, 0.15) is 12.8 Å². The molecule has 0 unspecified atom stereocenters. The zero-order valence-corrected chi connectivity index (χ0v) is 18.3. The number of benzene rings is 2. The first-order valence-corrected chi connectivity index (χ1v) is 10.6. The number of aryl methyl sites for hydroxylation is 1. The lowest BCUT2D eigenvalue weighted by Crippen LogP contribution is -2.42. The minimum atomic E-state index is -2.80. The molecule has 0 aliphatic heterocycles. The number of methoxy groups -OCH3 is 1. The Hall–Kier alpha value is -3.95. The number of carbonyl (C=O) groups excluding carboxylic acids is 1. The van der Waals surface area contributed by atoms with E-state index >= 15 is 0 Å². The van der Waals surface area contributed by atoms with Crippen molar-refractivity contribution in [2.45, 2.75) is 18.8 Å².